The monoisotopic (exact) mass is 582 g/mol. The summed E-state index contributed by atoms with van der Waals surface area (Å²) in [6.07, 6.45) is -2.03. The molecule has 3 aromatic rings. The first-order valence-electron chi connectivity index (χ1n) is 13.8. The molecule has 0 aromatic heterocycles. The van der Waals surface area contributed by atoms with Crippen LogP contribution in [-0.2, 0) is 36.9 Å². The number of ether oxygens (including phenoxy) is 8. The van der Waals surface area contributed by atoms with Gasteiger partial charge in [0.2, 0.25) is 0 Å². The molecule has 3 unspecified atom stereocenters. The van der Waals surface area contributed by atoms with Crippen molar-refractivity contribution in [3.8, 4) is 17.2 Å². The molecule has 5 rings (SSSR count). The van der Waals surface area contributed by atoms with Crippen molar-refractivity contribution >= 4 is 11.8 Å². The van der Waals surface area contributed by atoms with Gasteiger partial charge in [-0.2, -0.15) is 0 Å². The lowest BCUT2D eigenvalue weighted by Crippen LogP contribution is -2.62. The molecule has 2 heterocycles. The number of benzene rings is 3. The van der Waals surface area contributed by atoms with Crippen molar-refractivity contribution in [3.63, 3.8) is 0 Å². The van der Waals surface area contributed by atoms with E-state index in [1.807, 2.05) is 72.8 Å². The zero-order chi connectivity index (χ0) is 28.6. The van der Waals surface area contributed by atoms with Gasteiger partial charge in [0.05, 0.1) is 41.2 Å². The van der Waals surface area contributed by atoms with Crippen LogP contribution in [0.25, 0.3) is 0 Å². The molecule has 0 radical (unpaired) electrons. The van der Waals surface area contributed by atoms with E-state index in [1.165, 1.54) is 0 Å². The molecular weight excluding hydrogens is 544 g/mol. The molecule has 0 bridgehead atoms. The SMILES string of the molecule is CCS[C@@H]1OC2COC(c3ccc(OC)cc3)O[C@@H]2[C@@H](OCc2ccc(OC)cc2)C1OCc1ccc(OC)cc1. The van der Waals surface area contributed by atoms with Gasteiger partial charge in [-0.15, -0.1) is 11.8 Å². The Morgan fingerprint density at radius 2 is 1.20 bits per heavy atom. The van der Waals surface area contributed by atoms with Crippen LogP contribution in [0.2, 0.25) is 0 Å². The summed E-state index contributed by atoms with van der Waals surface area (Å²) in [5.41, 5.74) is 2.72. The summed E-state index contributed by atoms with van der Waals surface area (Å²) in [6.45, 7) is 3.29. The van der Waals surface area contributed by atoms with Crippen LogP contribution in [0.15, 0.2) is 72.8 Å². The van der Waals surface area contributed by atoms with Crippen molar-refractivity contribution in [1.29, 1.82) is 0 Å². The van der Waals surface area contributed by atoms with Gasteiger partial charge in [0.25, 0.3) is 0 Å². The van der Waals surface area contributed by atoms with Crippen molar-refractivity contribution in [3.05, 3.63) is 89.5 Å². The second kappa shape index (κ2) is 14.4. The van der Waals surface area contributed by atoms with Crippen LogP contribution in [-0.4, -0.2) is 63.5 Å². The van der Waals surface area contributed by atoms with Gasteiger partial charge in [-0.1, -0.05) is 43.3 Å². The van der Waals surface area contributed by atoms with Crippen molar-refractivity contribution in [2.24, 2.45) is 0 Å². The summed E-state index contributed by atoms with van der Waals surface area (Å²) >= 11 is 1.70. The topological polar surface area (TPSA) is 73.8 Å². The van der Waals surface area contributed by atoms with Crippen molar-refractivity contribution in [2.45, 2.75) is 56.3 Å². The molecule has 220 valence electrons. The summed E-state index contributed by atoms with van der Waals surface area (Å²) in [6, 6.07) is 23.5. The molecular formula is C32H38O8S. The minimum Gasteiger partial charge on any atom is -0.497 e. The van der Waals surface area contributed by atoms with Gasteiger partial charge in [-0.05, 0) is 53.3 Å². The largest absolute Gasteiger partial charge is 0.497 e. The highest BCUT2D eigenvalue weighted by Gasteiger charge is 2.51. The standard InChI is InChI=1S/C32H38O8S/c1-5-41-32-30(37-19-22-8-14-25(34-3)15-9-22)29(36-18-21-6-12-24(33-2)13-7-21)28-27(39-32)20-38-31(40-28)23-10-16-26(35-4)17-11-23/h6-17,27-32H,5,18-20H2,1-4H3/t27?,28-,29+,30?,31?,32-/m0/s1. The van der Waals surface area contributed by atoms with Gasteiger partial charge in [0.15, 0.2) is 6.29 Å². The third kappa shape index (κ3) is 7.35. The van der Waals surface area contributed by atoms with E-state index in [0.29, 0.717) is 19.8 Å². The third-order valence-electron chi connectivity index (χ3n) is 7.21. The lowest BCUT2D eigenvalue weighted by molar-refractivity contribution is -0.329. The smallest absolute Gasteiger partial charge is 0.184 e. The van der Waals surface area contributed by atoms with E-state index in [0.717, 1.165) is 39.7 Å². The Morgan fingerprint density at radius 1 is 0.683 bits per heavy atom. The summed E-state index contributed by atoms with van der Waals surface area (Å²) < 4.78 is 48.5. The molecule has 8 nitrogen and oxygen atoms in total. The predicted molar refractivity (Wildman–Crippen MR) is 156 cm³/mol. The van der Waals surface area contributed by atoms with Crippen molar-refractivity contribution in [2.75, 3.05) is 33.7 Å². The van der Waals surface area contributed by atoms with Gasteiger partial charge in [0.1, 0.15) is 47.1 Å². The normalized spacial score (nSPS) is 25.8. The number of fused-ring (bicyclic) bond motifs is 1. The maximum absolute atomic E-state index is 6.67. The van der Waals surface area contributed by atoms with Gasteiger partial charge < -0.3 is 37.9 Å². The number of rotatable bonds is 12. The fraction of sp³-hybridized carbons (Fsp3) is 0.438. The van der Waals surface area contributed by atoms with E-state index in [9.17, 15) is 0 Å². The van der Waals surface area contributed by atoms with E-state index in [4.69, 9.17) is 37.9 Å². The summed E-state index contributed by atoms with van der Waals surface area (Å²) in [4.78, 5) is 0. The van der Waals surface area contributed by atoms with E-state index in [1.54, 1.807) is 33.1 Å². The number of thioether (sulfide) groups is 1. The fourth-order valence-electron chi connectivity index (χ4n) is 4.97. The van der Waals surface area contributed by atoms with E-state index < -0.39 is 18.5 Å². The minimum atomic E-state index is -0.560. The molecule has 6 atom stereocenters. The summed E-state index contributed by atoms with van der Waals surface area (Å²) in [5, 5.41) is 0. The molecule has 2 saturated heterocycles. The zero-order valence-corrected chi connectivity index (χ0v) is 24.7. The Balaban J connectivity index is 1.39. The second-order valence-electron chi connectivity index (χ2n) is 9.78. The fourth-order valence-corrected chi connectivity index (χ4v) is 5.94. The molecule has 41 heavy (non-hydrogen) atoms. The van der Waals surface area contributed by atoms with E-state index >= 15 is 0 Å². The highest BCUT2D eigenvalue weighted by molar-refractivity contribution is 7.99. The Bertz CT molecular complexity index is 1200. The van der Waals surface area contributed by atoms with E-state index in [2.05, 4.69) is 6.92 Å². The average Bonchev–Trinajstić information content (AvgIpc) is 3.03. The van der Waals surface area contributed by atoms with Crippen LogP contribution < -0.4 is 14.2 Å². The minimum absolute atomic E-state index is 0.245. The molecule has 9 heteroatoms. The Hall–Kier alpha value is -2.79. The van der Waals surface area contributed by atoms with Gasteiger partial charge in [-0.3, -0.25) is 0 Å². The Morgan fingerprint density at radius 3 is 1.71 bits per heavy atom. The lowest BCUT2D eigenvalue weighted by atomic mass is 9.98. The van der Waals surface area contributed by atoms with Crippen LogP contribution in [0.1, 0.15) is 29.9 Å². The average molecular weight is 583 g/mol. The third-order valence-corrected chi connectivity index (χ3v) is 8.25. The molecule has 2 fully saturated rings. The molecule has 2 aliphatic heterocycles. The van der Waals surface area contributed by atoms with Crippen LogP contribution in [0, 0.1) is 0 Å². The van der Waals surface area contributed by atoms with Crippen LogP contribution >= 0.6 is 11.8 Å². The quantitative estimate of drug-likeness (QED) is 0.264. The number of methoxy groups -OCH3 is 3. The first kappa shape index (κ1) is 29.7. The number of hydrogen-bond donors (Lipinski definition) is 0. The summed E-state index contributed by atoms with van der Waals surface area (Å²) in [7, 11) is 4.96. The lowest BCUT2D eigenvalue weighted by Gasteiger charge is -2.49. The first-order chi connectivity index (χ1) is 20.1. The van der Waals surface area contributed by atoms with Gasteiger partial charge >= 0.3 is 0 Å². The molecule has 0 N–H and O–H groups in total. The Labute approximate surface area is 246 Å². The Kier molecular flexibility index (Phi) is 10.4. The molecule has 0 spiro atoms. The second-order valence-corrected chi connectivity index (χ2v) is 11.2. The van der Waals surface area contributed by atoms with Gasteiger partial charge in [0, 0.05) is 5.56 Å². The highest BCUT2D eigenvalue weighted by Crippen LogP contribution is 2.40. The molecule has 0 amide bonds. The van der Waals surface area contributed by atoms with E-state index in [-0.39, 0.29) is 17.6 Å². The van der Waals surface area contributed by atoms with Crippen LogP contribution in [0.4, 0.5) is 0 Å². The predicted octanol–water partition coefficient (Wildman–Crippen LogP) is 5.78. The molecule has 0 saturated carbocycles. The van der Waals surface area contributed by atoms with Crippen molar-refractivity contribution < 1.29 is 37.9 Å². The summed E-state index contributed by atoms with van der Waals surface area (Å²) in [5.74, 6) is 3.25. The van der Waals surface area contributed by atoms with Crippen LogP contribution in [0.5, 0.6) is 17.2 Å². The first-order valence-corrected chi connectivity index (χ1v) is 14.8. The van der Waals surface area contributed by atoms with Crippen molar-refractivity contribution in [1.82, 2.24) is 0 Å². The maximum Gasteiger partial charge on any atom is 0.184 e. The highest BCUT2D eigenvalue weighted by atomic mass is 32.2. The van der Waals surface area contributed by atoms with Gasteiger partial charge in [-0.25, -0.2) is 0 Å². The molecule has 2 aliphatic rings. The molecule has 3 aromatic carbocycles. The molecule has 0 aliphatic carbocycles. The zero-order valence-electron chi connectivity index (χ0n) is 23.9. The van der Waals surface area contributed by atoms with Crippen LogP contribution in [0.3, 0.4) is 0 Å². The maximum atomic E-state index is 6.67. The number of hydrogen-bond acceptors (Lipinski definition) is 9.